The van der Waals surface area contributed by atoms with Gasteiger partial charge in [0.1, 0.15) is 0 Å². The Morgan fingerprint density at radius 1 is 0.806 bits per heavy atom. The monoisotopic (exact) mass is 473 g/mol. The fourth-order valence-electron chi connectivity index (χ4n) is 3.69. The van der Waals surface area contributed by atoms with Crippen LogP contribution in [0.25, 0.3) is 16.9 Å². The van der Waals surface area contributed by atoms with Gasteiger partial charge in [0.2, 0.25) is 0 Å². The zero-order valence-corrected chi connectivity index (χ0v) is 19.6. The van der Waals surface area contributed by atoms with Crippen molar-refractivity contribution in [3.8, 4) is 28.4 Å². The number of methoxy groups -OCH3 is 1. The van der Waals surface area contributed by atoms with Gasteiger partial charge in [-0.25, -0.2) is 14.5 Å². The predicted octanol–water partition coefficient (Wildman–Crippen LogP) is 6.52. The first-order valence-electron chi connectivity index (χ1n) is 11.4. The summed E-state index contributed by atoms with van der Waals surface area (Å²) in [6.45, 7) is 0. The summed E-state index contributed by atoms with van der Waals surface area (Å²) in [6.07, 6.45) is 1.73. The third kappa shape index (κ3) is 5.08. The second kappa shape index (κ2) is 10.5. The second-order valence-corrected chi connectivity index (χ2v) is 7.93. The van der Waals surface area contributed by atoms with Gasteiger partial charge in [0.05, 0.1) is 24.1 Å². The molecule has 0 saturated carbocycles. The van der Waals surface area contributed by atoms with E-state index in [2.05, 4.69) is 0 Å². The van der Waals surface area contributed by atoms with Crippen molar-refractivity contribution in [2.45, 2.75) is 0 Å². The molecule has 0 atom stereocenters. The van der Waals surface area contributed by atoms with Crippen LogP contribution in [0.3, 0.4) is 0 Å². The van der Waals surface area contributed by atoms with Crippen molar-refractivity contribution >= 4 is 18.0 Å². The highest BCUT2D eigenvalue weighted by Crippen LogP contribution is 2.30. The quantitative estimate of drug-likeness (QED) is 0.153. The number of carbonyl (C=O) groups is 1. The number of rotatable bonds is 7. The van der Waals surface area contributed by atoms with Gasteiger partial charge in [-0.2, -0.15) is 5.10 Å². The van der Waals surface area contributed by atoms with Crippen molar-refractivity contribution in [1.82, 2.24) is 9.78 Å². The van der Waals surface area contributed by atoms with Gasteiger partial charge in [-0.05, 0) is 48.0 Å². The first-order valence-corrected chi connectivity index (χ1v) is 11.4. The van der Waals surface area contributed by atoms with Crippen molar-refractivity contribution in [2.24, 2.45) is 4.99 Å². The summed E-state index contributed by atoms with van der Waals surface area (Å²) in [6, 6.07) is 35.9. The van der Waals surface area contributed by atoms with Crippen molar-refractivity contribution in [1.29, 1.82) is 0 Å². The van der Waals surface area contributed by atoms with Gasteiger partial charge in [-0.15, -0.1) is 0 Å². The van der Waals surface area contributed by atoms with Crippen LogP contribution >= 0.6 is 0 Å². The maximum Gasteiger partial charge on any atom is 0.343 e. The molecule has 0 radical (unpaired) electrons. The van der Waals surface area contributed by atoms with Crippen LogP contribution in [0.2, 0.25) is 0 Å². The highest BCUT2D eigenvalue weighted by atomic mass is 16.6. The maximum atomic E-state index is 12.5. The molecule has 0 saturated heterocycles. The van der Waals surface area contributed by atoms with E-state index in [1.54, 1.807) is 42.6 Å². The Labute approximate surface area is 209 Å². The SMILES string of the molecule is COc1cc(C=Nc2cc(-c3ccccc3)nn2-c2ccccc2)ccc1OC(=O)c1ccccc1. The van der Waals surface area contributed by atoms with E-state index in [0.29, 0.717) is 22.9 Å². The van der Waals surface area contributed by atoms with E-state index in [0.717, 1.165) is 22.5 Å². The number of esters is 1. The zero-order chi connectivity index (χ0) is 24.7. The number of aliphatic imine (C=N–C) groups is 1. The summed E-state index contributed by atoms with van der Waals surface area (Å²) in [4.78, 5) is 17.2. The Morgan fingerprint density at radius 3 is 2.17 bits per heavy atom. The highest BCUT2D eigenvalue weighted by Gasteiger charge is 2.13. The molecular weight excluding hydrogens is 450 g/mol. The molecule has 5 aromatic rings. The van der Waals surface area contributed by atoms with Crippen LogP contribution in [0, 0.1) is 0 Å². The summed E-state index contributed by atoms with van der Waals surface area (Å²) >= 11 is 0. The number of para-hydroxylation sites is 1. The van der Waals surface area contributed by atoms with Crippen molar-refractivity contribution < 1.29 is 14.3 Å². The summed E-state index contributed by atoms with van der Waals surface area (Å²) in [5.74, 6) is 1.00. The second-order valence-electron chi connectivity index (χ2n) is 7.93. The van der Waals surface area contributed by atoms with Crippen molar-refractivity contribution in [3.63, 3.8) is 0 Å². The molecule has 4 aromatic carbocycles. The zero-order valence-electron chi connectivity index (χ0n) is 19.6. The summed E-state index contributed by atoms with van der Waals surface area (Å²) in [5, 5.41) is 4.79. The Kier molecular flexibility index (Phi) is 6.67. The smallest absolute Gasteiger partial charge is 0.343 e. The van der Waals surface area contributed by atoms with E-state index in [-0.39, 0.29) is 0 Å². The lowest BCUT2D eigenvalue weighted by Crippen LogP contribution is -2.09. The Bertz CT molecular complexity index is 1500. The molecule has 0 amide bonds. The summed E-state index contributed by atoms with van der Waals surface area (Å²) in [5.41, 5.74) is 4.00. The molecule has 6 heteroatoms. The van der Waals surface area contributed by atoms with E-state index >= 15 is 0 Å². The molecule has 0 aliphatic heterocycles. The highest BCUT2D eigenvalue weighted by molar-refractivity contribution is 5.91. The minimum Gasteiger partial charge on any atom is -0.493 e. The standard InChI is InChI=1S/C30H23N3O3/c1-35-28-19-22(17-18-27(28)36-30(34)24-13-7-3-8-14-24)21-31-29-20-26(23-11-5-2-6-12-23)32-33(29)25-15-9-4-10-16-25/h2-21H,1H3. The van der Waals surface area contributed by atoms with Gasteiger partial charge in [0.25, 0.3) is 0 Å². The number of hydrogen-bond donors (Lipinski definition) is 0. The van der Waals surface area contributed by atoms with Crippen LogP contribution in [0.5, 0.6) is 11.5 Å². The lowest BCUT2D eigenvalue weighted by molar-refractivity contribution is 0.0729. The Morgan fingerprint density at radius 2 is 1.47 bits per heavy atom. The minimum absolute atomic E-state index is 0.337. The topological polar surface area (TPSA) is 65.7 Å². The molecular formula is C30H23N3O3. The van der Waals surface area contributed by atoms with Crippen molar-refractivity contribution in [3.05, 3.63) is 126 Å². The molecule has 0 aliphatic carbocycles. The van der Waals surface area contributed by atoms with E-state index < -0.39 is 5.97 Å². The van der Waals surface area contributed by atoms with Gasteiger partial charge >= 0.3 is 5.97 Å². The molecule has 1 heterocycles. The van der Waals surface area contributed by atoms with Crippen LogP contribution in [0.4, 0.5) is 5.82 Å². The molecule has 0 fully saturated rings. The largest absolute Gasteiger partial charge is 0.493 e. The molecule has 1 aromatic heterocycles. The van der Waals surface area contributed by atoms with Gasteiger partial charge in [-0.3, -0.25) is 0 Å². The molecule has 0 bridgehead atoms. The molecule has 6 nitrogen and oxygen atoms in total. The molecule has 5 rings (SSSR count). The minimum atomic E-state index is -0.449. The molecule has 0 spiro atoms. The van der Waals surface area contributed by atoms with E-state index in [4.69, 9.17) is 19.6 Å². The number of nitrogens with zero attached hydrogens (tertiary/aromatic N) is 3. The van der Waals surface area contributed by atoms with E-state index in [1.165, 1.54) is 7.11 Å². The lowest BCUT2D eigenvalue weighted by atomic mass is 10.1. The van der Waals surface area contributed by atoms with Crippen LogP contribution in [0.1, 0.15) is 15.9 Å². The van der Waals surface area contributed by atoms with Gasteiger partial charge in [-0.1, -0.05) is 66.7 Å². The molecule has 0 aliphatic rings. The molecule has 176 valence electrons. The Hall–Kier alpha value is -4.97. The predicted molar refractivity (Wildman–Crippen MR) is 141 cm³/mol. The van der Waals surface area contributed by atoms with Gasteiger partial charge in [0, 0.05) is 17.8 Å². The third-order valence-corrected chi connectivity index (χ3v) is 5.51. The van der Waals surface area contributed by atoms with E-state index in [1.807, 2.05) is 83.5 Å². The van der Waals surface area contributed by atoms with Crippen LogP contribution in [0.15, 0.2) is 120 Å². The third-order valence-electron chi connectivity index (χ3n) is 5.51. The van der Waals surface area contributed by atoms with E-state index in [9.17, 15) is 4.79 Å². The molecule has 0 N–H and O–H groups in total. The average Bonchev–Trinajstić information content (AvgIpc) is 3.38. The van der Waals surface area contributed by atoms with Crippen LogP contribution in [-0.2, 0) is 0 Å². The normalized spacial score (nSPS) is 10.9. The number of ether oxygens (including phenoxy) is 2. The summed E-state index contributed by atoms with van der Waals surface area (Å²) in [7, 11) is 1.53. The fourth-order valence-corrected chi connectivity index (χ4v) is 3.69. The fraction of sp³-hybridized carbons (Fsp3) is 0.0333. The van der Waals surface area contributed by atoms with Gasteiger partial charge in [0.15, 0.2) is 17.3 Å². The lowest BCUT2D eigenvalue weighted by Gasteiger charge is -2.10. The maximum absolute atomic E-state index is 12.5. The molecule has 0 unspecified atom stereocenters. The summed E-state index contributed by atoms with van der Waals surface area (Å²) < 4.78 is 12.8. The molecule has 36 heavy (non-hydrogen) atoms. The van der Waals surface area contributed by atoms with Gasteiger partial charge < -0.3 is 9.47 Å². The average molecular weight is 474 g/mol. The number of aromatic nitrogens is 2. The number of carbonyl (C=O) groups excluding carboxylic acids is 1. The first-order chi connectivity index (χ1) is 17.7. The van der Waals surface area contributed by atoms with Crippen LogP contribution in [-0.4, -0.2) is 29.1 Å². The first kappa shape index (κ1) is 22.8. The number of benzene rings is 4. The van der Waals surface area contributed by atoms with Crippen LogP contribution < -0.4 is 9.47 Å². The number of hydrogen-bond acceptors (Lipinski definition) is 5. The van der Waals surface area contributed by atoms with Crippen molar-refractivity contribution in [2.75, 3.05) is 7.11 Å². The Balaban J connectivity index is 1.44.